The molecule has 2 aliphatic rings. The van der Waals surface area contributed by atoms with Crippen LogP contribution < -0.4 is 10.9 Å². The van der Waals surface area contributed by atoms with Crippen molar-refractivity contribution in [2.75, 3.05) is 5.43 Å². The van der Waals surface area contributed by atoms with Crippen molar-refractivity contribution < 1.29 is 4.79 Å². The number of rotatable bonds is 3. The highest BCUT2D eigenvalue weighted by Gasteiger charge is 2.73. The van der Waals surface area contributed by atoms with Crippen LogP contribution in [0.15, 0.2) is 30.3 Å². The summed E-state index contributed by atoms with van der Waals surface area (Å²) in [5.74, 6) is -0.202. The van der Waals surface area contributed by atoms with E-state index in [9.17, 15) is 15.3 Å². The molecular formula is C21H20N6O. The number of hydrogen-bond donors (Lipinski definition) is 2. The van der Waals surface area contributed by atoms with E-state index in [4.69, 9.17) is 0 Å². The maximum Gasteiger partial charge on any atom is 0.251 e. The fourth-order valence-electron chi connectivity index (χ4n) is 4.90. The van der Waals surface area contributed by atoms with Gasteiger partial charge in [0, 0.05) is 5.41 Å². The van der Waals surface area contributed by atoms with E-state index >= 15 is 0 Å². The van der Waals surface area contributed by atoms with E-state index in [-0.39, 0.29) is 17.3 Å². The lowest BCUT2D eigenvalue weighted by Crippen LogP contribution is -2.52. The molecule has 2 aliphatic carbocycles. The van der Waals surface area contributed by atoms with Crippen molar-refractivity contribution in [3.63, 3.8) is 0 Å². The van der Waals surface area contributed by atoms with Crippen LogP contribution in [0.3, 0.4) is 0 Å². The smallest absolute Gasteiger partial charge is 0.251 e. The van der Waals surface area contributed by atoms with Gasteiger partial charge in [0.25, 0.3) is 5.91 Å². The quantitative estimate of drug-likeness (QED) is 0.801. The molecule has 4 rings (SSSR count). The van der Waals surface area contributed by atoms with Gasteiger partial charge in [-0.2, -0.15) is 10.5 Å². The number of nitrogens with zero attached hydrogens (tertiary/aromatic N) is 4. The van der Waals surface area contributed by atoms with Gasteiger partial charge in [0.1, 0.15) is 17.6 Å². The highest BCUT2D eigenvalue weighted by atomic mass is 16.2. The van der Waals surface area contributed by atoms with Crippen molar-refractivity contribution >= 4 is 11.6 Å². The topological polar surface area (TPSA) is 114 Å². The fourth-order valence-corrected chi connectivity index (χ4v) is 4.90. The second kappa shape index (κ2) is 5.77. The largest absolute Gasteiger partial charge is 0.299 e. The lowest BCUT2D eigenvalue weighted by atomic mass is 9.63. The number of carbonyl (C=O) groups excluding carboxylic acids is 1. The molecule has 2 N–H and O–H groups in total. The Morgan fingerprint density at radius 2 is 1.61 bits per heavy atom. The van der Waals surface area contributed by atoms with Gasteiger partial charge in [-0.1, -0.05) is 39.0 Å². The molecule has 0 aliphatic heterocycles. The monoisotopic (exact) mass is 372 g/mol. The zero-order valence-corrected chi connectivity index (χ0v) is 16.0. The molecule has 2 aromatic rings. The predicted molar refractivity (Wildman–Crippen MR) is 102 cm³/mol. The molecule has 1 heterocycles. The third-order valence-corrected chi connectivity index (χ3v) is 6.96. The normalized spacial score (nSPS) is 26.0. The molecule has 1 fully saturated rings. The minimum atomic E-state index is -0.925. The average Bonchev–Trinajstić information content (AvgIpc) is 3.01. The number of para-hydroxylation sites is 1. The number of hydrogen-bond acceptors (Lipinski definition) is 6. The van der Waals surface area contributed by atoms with Gasteiger partial charge in [0.05, 0.1) is 17.1 Å². The average molecular weight is 372 g/mol. The van der Waals surface area contributed by atoms with Crippen molar-refractivity contribution in [1.29, 1.82) is 10.5 Å². The summed E-state index contributed by atoms with van der Waals surface area (Å²) in [6.45, 7) is 6.16. The number of hydrazine groups is 1. The summed E-state index contributed by atoms with van der Waals surface area (Å²) in [7, 11) is 0. The highest BCUT2D eigenvalue weighted by molar-refractivity contribution is 5.92. The number of nitriles is 2. The Kier molecular flexibility index (Phi) is 3.70. The molecule has 2 bridgehead atoms. The van der Waals surface area contributed by atoms with Crippen LogP contribution in [0.1, 0.15) is 56.4 Å². The van der Waals surface area contributed by atoms with Gasteiger partial charge in [-0.25, -0.2) is 9.97 Å². The Morgan fingerprint density at radius 3 is 2.21 bits per heavy atom. The summed E-state index contributed by atoms with van der Waals surface area (Å²) >= 11 is 0. The Balaban J connectivity index is 1.82. The van der Waals surface area contributed by atoms with Crippen molar-refractivity contribution in [3.05, 3.63) is 53.1 Å². The summed E-state index contributed by atoms with van der Waals surface area (Å²) in [5, 5.41) is 18.8. The minimum Gasteiger partial charge on any atom is -0.299 e. The van der Waals surface area contributed by atoms with Crippen LogP contribution in [0.5, 0.6) is 0 Å². The summed E-state index contributed by atoms with van der Waals surface area (Å²) in [6, 6.07) is 13.3. The highest BCUT2D eigenvalue weighted by Crippen LogP contribution is 2.70. The Morgan fingerprint density at radius 1 is 1.00 bits per heavy atom. The van der Waals surface area contributed by atoms with E-state index in [0.717, 1.165) is 12.1 Å². The van der Waals surface area contributed by atoms with Gasteiger partial charge < -0.3 is 0 Å². The molecule has 2 unspecified atom stereocenters. The van der Waals surface area contributed by atoms with Crippen LogP contribution in [0, 0.1) is 28.1 Å². The molecule has 1 saturated carbocycles. The summed E-state index contributed by atoms with van der Waals surface area (Å²) in [4.78, 5) is 22.5. The number of anilines is 1. The first-order chi connectivity index (χ1) is 13.3. The maximum atomic E-state index is 13.5. The number of aromatic nitrogens is 2. The van der Waals surface area contributed by atoms with Gasteiger partial charge in [0.15, 0.2) is 11.4 Å². The van der Waals surface area contributed by atoms with Crippen molar-refractivity contribution in [3.8, 4) is 12.1 Å². The van der Waals surface area contributed by atoms with Gasteiger partial charge in [-0.15, -0.1) is 0 Å². The van der Waals surface area contributed by atoms with Crippen LogP contribution >= 0.6 is 0 Å². The maximum absolute atomic E-state index is 13.5. The van der Waals surface area contributed by atoms with Crippen molar-refractivity contribution in [2.24, 2.45) is 5.41 Å². The van der Waals surface area contributed by atoms with Crippen LogP contribution in [0.4, 0.5) is 5.69 Å². The van der Waals surface area contributed by atoms with Crippen LogP contribution in [-0.2, 0) is 15.6 Å². The van der Waals surface area contributed by atoms with Gasteiger partial charge in [-0.05, 0) is 30.4 Å². The molecule has 1 amide bonds. The zero-order valence-electron chi connectivity index (χ0n) is 16.0. The summed E-state index contributed by atoms with van der Waals surface area (Å²) in [5.41, 5.74) is 5.93. The van der Waals surface area contributed by atoms with E-state index in [0.29, 0.717) is 17.8 Å². The number of fused-ring (bicyclic) bond motifs is 5. The zero-order chi connectivity index (χ0) is 20.2. The Bertz CT molecular complexity index is 1060. The van der Waals surface area contributed by atoms with Crippen LogP contribution in [0.2, 0.25) is 0 Å². The fraction of sp³-hybridized carbons (Fsp3) is 0.381. The number of nitrogens with one attached hydrogen (secondary N) is 2. The summed E-state index contributed by atoms with van der Waals surface area (Å²) < 4.78 is 0. The Hall–Kier alpha value is -3.45. The number of benzene rings is 1. The second-order valence-corrected chi connectivity index (χ2v) is 8.15. The second-order valence-electron chi connectivity index (χ2n) is 8.15. The van der Waals surface area contributed by atoms with E-state index in [1.54, 1.807) is 0 Å². The SMILES string of the molecule is CC12CCC(C(=O)NNc3ccccc3)(c3nc(C#N)c(C#N)nc31)C2(C)C. The molecule has 0 spiro atoms. The number of carbonyl (C=O) groups is 1. The molecule has 0 radical (unpaired) electrons. The molecule has 28 heavy (non-hydrogen) atoms. The molecule has 7 heteroatoms. The Labute approximate surface area is 163 Å². The van der Waals surface area contributed by atoms with Crippen molar-refractivity contribution in [1.82, 2.24) is 15.4 Å². The van der Waals surface area contributed by atoms with E-state index in [1.807, 2.05) is 56.3 Å². The summed E-state index contributed by atoms with van der Waals surface area (Å²) in [6.07, 6.45) is 1.37. The molecule has 1 aromatic heterocycles. The molecule has 2 atom stereocenters. The third kappa shape index (κ3) is 1.99. The lowest BCUT2D eigenvalue weighted by Gasteiger charge is -2.39. The van der Waals surface area contributed by atoms with Gasteiger partial charge in [-0.3, -0.25) is 15.6 Å². The van der Waals surface area contributed by atoms with Gasteiger partial charge >= 0.3 is 0 Å². The lowest BCUT2D eigenvalue weighted by molar-refractivity contribution is -0.129. The molecule has 0 saturated heterocycles. The van der Waals surface area contributed by atoms with Crippen LogP contribution in [-0.4, -0.2) is 15.9 Å². The van der Waals surface area contributed by atoms with E-state index < -0.39 is 16.2 Å². The van der Waals surface area contributed by atoms with Gasteiger partial charge in [0.2, 0.25) is 0 Å². The first-order valence-electron chi connectivity index (χ1n) is 9.16. The molecule has 1 aromatic carbocycles. The predicted octanol–water partition coefficient (Wildman–Crippen LogP) is 2.69. The van der Waals surface area contributed by atoms with E-state index in [1.165, 1.54) is 0 Å². The molecular weight excluding hydrogens is 352 g/mol. The first-order valence-corrected chi connectivity index (χ1v) is 9.16. The third-order valence-electron chi connectivity index (χ3n) is 6.96. The standard InChI is InChI=1S/C21H20N6O/c1-19(2)20(3)9-10-21(19,18(28)27-26-13-7-5-4-6-8-13)17-16(20)24-14(11-22)15(12-23)25-17/h4-8,26H,9-10H2,1-3H3,(H,27,28). The van der Waals surface area contributed by atoms with Crippen molar-refractivity contribution in [2.45, 2.75) is 44.4 Å². The molecule has 140 valence electrons. The van der Waals surface area contributed by atoms with E-state index in [2.05, 4.69) is 27.7 Å². The minimum absolute atomic E-state index is 0.0174. The first kappa shape index (κ1) is 17.9. The van der Waals surface area contributed by atoms with Crippen LogP contribution in [0.25, 0.3) is 0 Å². The molecule has 7 nitrogen and oxygen atoms in total. The number of amides is 1.